The molecule has 1 saturated heterocycles. The van der Waals surface area contributed by atoms with Crippen molar-refractivity contribution in [3.8, 4) is 0 Å². The van der Waals surface area contributed by atoms with Gasteiger partial charge in [0.25, 0.3) is 0 Å². The number of thioether (sulfide) groups is 1. The molecule has 0 bridgehead atoms. The van der Waals surface area contributed by atoms with E-state index in [2.05, 4.69) is 15.5 Å². The highest BCUT2D eigenvalue weighted by Gasteiger charge is 2.34. The summed E-state index contributed by atoms with van der Waals surface area (Å²) < 4.78 is 1.91. The summed E-state index contributed by atoms with van der Waals surface area (Å²) in [6, 6.07) is 7.87. The highest BCUT2D eigenvalue weighted by atomic mass is 35.5. The molecule has 2 aromatic rings. The van der Waals surface area contributed by atoms with Crippen LogP contribution in [0.25, 0.3) is 0 Å². The summed E-state index contributed by atoms with van der Waals surface area (Å²) in [5.41, 5.74) is 0.908. The molecule has 1 aliphatic heterocycles. The first kappa shape index (κ1) is 15.0. The molecule has 1 aromatic heterocycles. The lowest BCUT2D eigenvalue weighted by Crippen LogP contribution is -2.28. The van der Waals surface area contributed by atoms with E-state index in [0.717, 1.165) is 37.3 Å². The van der Waals surface area contributed by atoms with E-state index >= 15 is 0 Å². The Labute approximate surface area is 143 Å². The van der Waals surface area contributed by atoms with E-state index in [4.69, 9.17) is 11.6 Å². The van der Waals surface area contributed by atoms with Gasteiger partial charge in [0.2, 0.25) is 5.91 Å². The maximum atomic E-state index is 12.6. The maximum Gasteiger partial charge on any atom is 0.240 e. The van der Waals surface area contributed by atoms with Gasteiger partial charge in [-0.15, -0.1) is 16.9 Å². The zero-order valence-electron chi connectivity index (χ0n) is 12.4. The van der Waals surface area contributed by atoms with Crippen LogP contribution in [0.5, 0.6) is 0 Å². The van der Waals surface area contributed by atoms with E-state index in [1.165, 1.54) is 0 Å². The van der Waals surface area contributed by atoms with Gasteiger partial charge in [-0.2, -0.15) is 0 Å². The molecule has 4 rings (SSSR count). The second kappa shape index (κ2) is 6.13. The largest absolute Gasteiger partial charge is 0.311 e. The molecular formula is C15H16ClN5OS. The van der Waals surface area contributed by atoms with Gasteiger partial charge in [0.05, 0.1) is 17.0 Å². The minimum atomic E-state index is -0.0324. The smallest absolute Gasteiger partial charge is 0.240 e. The molecule has 6 nitrogen and oxygen atoms in total. The highest BCUT2D eigenvalue weighted by molar-refractivity contribution is 7.99. The Morgan fingerprint density at radius 1 is 1.22 bits per heavy atom. The van der Waals surface area contributed by atoms with Crippen molar-refractivity contribution in [2.24, 2.45) is 0 Å². The Morgan fingerprint density at radius 2 is 2.00 bits per heavy atom. The lowest BCUT2D eigenvalue weighted by atomic mass is 10.3. The molecule has 1 aliphatic carbocycles. The lowest BCUT2D eigenvalue weighted by molar-refractivity contribution is -0.116. The number of hydrogen-bond acceptors (Lipinski definition) is 5. The topological polar surface area (TPSA) is 63.9 Å². The van der Waals surface area contributed by atoms with Gasteiger partial charge in [-0.3, -0.25) is 4.79 Å². The number of benzene rings is 1. The number of hydrogen-bond donors (Lipinski definition) is 0. The average Bonchev–Trinajstić information content (AvgIpc) is 3.18. The Kier molecular flexibility index (Phi) is 3.98. The van der Waals surface area contributed by atoms with Gasteiger partial charge in [-0.05, 0) is 54.0 Å². The van der Waals surface area contributed by atoms with Gasteiger partial charge in [0.1, 0.15) is 0 Å². The number of aromatic nitrogens is 4. The summed E-state index contributed by atoms with van der Waals surface area (Å²) in [6.45, 7) is 0.742. The van der Waals surface area contributed by atoms with E-state index in [1.807, 2.05) is 33.8 Å². The van der Waals surface area contributed by atoms with Crippen LogP contribution in [0.1, 0.15) is 31.1 Å². The number of tetrazole rings is 1. The molecule has 0 radical (unpaired) electrons. The molecule has 23 heavy (non-hydrogen) atoms. The van der Waals surface area contributed by atoms with Crippen LogP contribution in [0.3, 0.4) is 0 Å². The van der Waals surface area contributed by atoms with Gasteiger partial charge in [-0.25, -0.2) is 4.68 Å². The third-order valence-electron chi connectivity index (χ3n) is 4.16. The van der Waals surface area contributed by atoms with Crippen LogP contribution in [0.4, 0.5) is 5.69 Å². The molecule has 1 amide bonds. The van der Waals surface area contributed by atoms with Gasteiger partial charge < -0.3 is 4.90 Å². The number of amides is 1. The summed E-state index contributed by atoms with van der Waals surface area (Å²) in [7, 11) is 0. The zero-order valence-corrected chi connectivity index (χ0v) is 14.0. The van der Waals surface area contributed by atoms with Crippen LogP contribution in [0.15, 0.2) is 24.3 Å². The minimum Gasteiger partial charge on any atom is -0.311 e. The summed E-state index contributed by atoms with van der Waals surface area (Å²) in [5.74, 6) is 1.70. The third-order valence-corrected chi connectivity index (χ3v) is 5.68. The average molecular weight is 350 g/mol. The lowest BCUT2D eigenvalue weighted by Gasteiger charge is -2.16. The monoisotopic (exact) mass is 349 g/mol. The van der Waals surface area contributed by atoms with Crippen molar-refractivity contribution in [3.05, 3.63) is 35.1 Å². The summed E-state index contributed by atoms with van der Waals surface area (Å²) in [6.07, 6.45) is 3.14. The first-order chi connectivity index (χ1) is 11.2. The van der Waals surface area contributed by atoms with E-state index < -0.39 is 0 Å². The molecule has 8 heteroatoms. The zero-order chi connectivity index (χ0) is 15.8. The van der Waals surface area contributed by atoms with Crippen molar-refractivity contribution < 1.29 is 4.79 Å². The standard InChI is InChI=1S/C15H16ClN5OS/c16-10-1-3-11(4-2-10)20-8-7-13(15(20)22)23-9-14-17-18-19-21(14)12-5-6-12/h1-4,12-13H,5-9H2. The number of nitrogens with zero attached hydrogens (tertiary/aromatic N) is 5. The Balaban J connectivity index is 1.39. The minimum absolute atomic E-state index is 0.0324. The fourth-order valence-electron chi connectivity index (χ4n) is 2.77. The second-order valence-electron chi connectivity index (χ2n) is 5.83. The predicted molar refractivity (Wildman–Crippen MR) is 89.6 cm³/mol. The second-order valence-corrected chi connectivity index (χ2v) is 7.45. The fraction of sp³-hybridized carbons (Fsp3) is 0.467. The summed E-state index contributed by atoms with van der Waals surface area (Å²) >= 11 is 7.54. The first-order valence-electron chi connectivity index (χ1n) is 7.67. The fourth-order valence-corrected chi connectivity index (χ4v) is 3.98. The van der Waals surface area contributed by atoms with E-state index in [9.17, 15) is 4.79 Å². The quantitative estimate of drug-likeness (QED) is 0.830. The Morgan fingerprint density at radius 3 is 2.74 bits per heavy atom. The van der Waals surface area contributed by atoms with Crippen LogP contribution >= 0.6 is 23.4 Å². The predicted octanol–water partition coefficient (Wildman–Crippen LogP) is 2.70. The molecule has 1 unspecified atom stereocenters. The van der Waals surface area contributed by atoms with E-state index in [0.29, 0.717) is 16.8 Å². The first-order valence-corrected chi connectivity index (χ1v) is 9.10. The SMILES string of the molecule is O=C1C(SCc2nnnn2C2CC2)CCN1c1ccc(Cl)cc1. The van der Waals surface area contributed by atoms with Gasteiger partial charge in [0.15, 0.2) is 5.82 Å². The molecule has 2 aliphatic rings. The van der Waals surface area contributed by atoms with Gasteiger partial charge in [-0.1, -0.05) is 11.6 Å². The van der Waals surface area contributed by atoms with Crippen LogP contribution in [0, 0.1) is 0 Å². The van der Waals surface area contributed by atoms with Crippen molar-refractivity contribution in [3.63, 3.8) is 0 Å². The Hall–Kier alpha value is -1.60. The number of rotatable bonds is 5. The van der Waals surface area contributed by atoms with Crippen molar-refractivity contribution in [1.29, 1.82) is 0 Å². The van der Waals surface area contributed by atoms with Crippen molar-refractivity contribution in [2.75, 3.05) is 11.4 Å². The van der Waals surface area contributed by atoms with Crippen molar-refractivity contribution >= 4 is 35.0 Å². The number of anilines is 1. The molecule has 2 heterocycles. The number of carbonyl (C=O) groups is 1. The Bertz CT molecular complexity index is 715. The van der Waals surface area contributed by atoms with Crippen LogP contribution in [0.2, 0.25) is 5.02 Å². The van der Waals surface area contributed by atoms with Crippen molar-refractivity contribution in [2.45, 2.75) is 36.3 Å². The molecule has 1 saturated carbocycles. The van der Waals surface area contributed by atoms with Gasteiger partial charge >= 0.3 is 0 Å². The van der Waals surface area contributed by atoms with Crippen molar-refractivity contribution in [1.82, 2.24) is 20.2 Å². The summed E-state index contributed by atoms with van der Waals surface area (Å²) in [4.78, 5) is 14.4. The molecular weight excluding hydrogens is 334 g/mol. The van der Waals surface area contributed by atoms with E-state index in [1.54, 1.807) is 11.8 Å². The van der Waals surface area contributed by atoms with Crippen LogP contribution < -0.4 is 4.90 Å². The number of halogens is 1. The molecule has 120 valence electrons. The normalized spacial score (nSPS) is 21.2. The van der Waals surface area contributed by atoms with Crippen LogP contribution in [-0.4, -0.2) is 37.9 Å². The van der Waals surface area contributed by atoms with Crippen LogP contribution in [-0.2, 0) is 10.5 Å². The summed E-state index contributed by atoms with van der Waals surface area (Å²) in [5, 5.41) is 12.5. The molecule has 2 fully saturated rings. The maximum absolute atomic E-state index is 12.6. The number of carbonyl (C=O) groups excluding carboxylic acids is 1. The molecule has 0 N–H and O–H groups in total. The van der Waals surface area contributed by atoms with E-state index in [-0.39, 0.29) is 11.2 Å². The molecule has 1 atom stereocenters. The molecule has 0 spiro atoms. The third kappa shape index (κ3) is 3.07. The highest BCUT2D eigenvalue weighted by Crippen LogP contribution is 2.36. The molecule has 1 aromatic carbocycles. The van der Waals surface area contributed by atoms with Gasteiger partial charge in [0, 0.05) is 17.3 Å².